The Morgan fingerprint density at radius 3 is 2.32 bits per heavy atom. The summed E-state index contributed by atoms with van der Waals surface area (Å²) in [5, 5.41) is 19.7. The summed E-state index contributed by atoms with van der Waals surface area (Å²) >= 11 is 1.27. The van der Waals surface area contributed by atoms with E-state index in [4.69, 9.17) is 4.74 Å². The number of thioether (sulfide) groups is 1. The standard InChI is InChI=1S/C20H17N3O4S/c1-2-27-17-9-5-14(6-10-17)18-11-12-20(22-21-18)28-13-19(24)15-3-7-16(8-4-15)23(25)26/h3-12H,2,13H2,1H3. The highest BCUT2D eigenvalue weighted by Crippen LogP contribution is 2.23. The van der Waals surface area contributed by atoms with E-state index in [1.54, 1.807) is 0 Å². The minimum absolute atomic E-state index is 0.0417. The van der Waals surface area contributed by atoms with E-state index in [-0.39, 0.29) is 17.2 Å². The molecule has 0 spiro atoms. The molecule has 0 saturated heterocycles. The van der Waals surface area contributed by atoms with Crippen molar-refractivity contribution in [2.45, 2.75) is 11.9 Å². The van der Waals surface area contributed by atoms with Crippen LogP contribution in [0.25, 0.3) is 11.3 Å². The van der Waals surface area contributed by atoms with Crippen molar-refractivity contribution in [2.75, 3.05) is 12.4 Å². The molecule has 8 heteroatoms. The lowest BCUT2D eigenvalue weighted by Gasteiger charge is -2.05. The number of nitro benzene ring substituents is 1. The van der Waals surface area contributed by atoms with E-state index in [1.165, 1.54) is 36.0 Å². The molecular weight excluding hydrogens is 378 g/mol. The second kappa shape index (κ2) is 9.09. The smallest absolute Gasteiger partial charge is 0.269 e. The predicted molar refractivity (Wildman–Crippen MR) is 107 cm³/mol. The molecule has 2 aromatic carbocycles. The topological polar surface area (TPSA) is 95.2 Å². The number of nitrogens with zero attached hydrogens (tertiary/aromatic N) is 3. The number of nitro groups is 1. The van der Waals surface area contributed by atoms with Crippen LogP contribution in [0.3, 0.4) is 0 Å². The van der Waals surface area contributed by atoms with Gasteiger partial charge in [-0.15, -0.1) is 10.2 Å². The van der Waals surface area contributed by atoms with Crippen molar-refractivity contribution in [3.8, 4) is 17.0 Å². The van der Waals surface area contributed by atoms with Crippen LogP contribution in [0.15, 0.2) is 65.7 Å². The Morgan fingerprint density at radius 2 is 1.75 bits per heavy atom. The second-order valence-corrected chi connectivity index (χ2v) is 6.73. The SMILES string of the molecule is CCOc1ccc(-c2ccc(SCC(=O)c3ccc([N+](=O)[O-])cc3)nn2)cc1. The maximum absolute atomic E-state index is 12.2. The Labute approximate surface area is 165 Å². The molecule has 1 aromatic heterocycles. The Hall–Kier alpha value is -3.26. The van der Waals surface area contributed by atoms with Crippen LogP contribution in [-0.2, 0) is 0 Å². The summed E-state index contributed by atoms with van der Waals surface area (Å²) < 4.78 is 5.42. The normalized spacial score (nSPS) is 10.5. The molecule has 0 atom stereocenters. The van der Waals surface area contributed by atoms with Crippen molar-refractivity contribution in [3.63, 3.8) is 0 Å². The van der Waals surface area contributed by atoms with Crippen molar-refractivity contribution in [1.82, 2.24) is 10.2 Å². The van der Waals surface area contributed by atoms with Crippen molar-refractivity contribution in [2.24, 2.45) is 0 Å². The first kappa shape index (κ1) is 19.5. The van der Waals surface area contributed by atoms with E-state index in [1.807, 2.05) is 43.3 Å². The maximum atomic E-state index is 12.2. The van der Waals surface area contributed by atoms with Gasteiger partial charge in [0.05, 0.1) is 23.0 Å². The summed E-state index contributed by atoms with van der Waals surface area (Å²) in [5.74, 6) is 0.850. The van der Waals surface area contributed by atoms with Gasteiger partial charge in [0, 0.05) is 23.3 Å². The van der Waals surface area contributed by atoms with Gasteiger partial charge in [-0.05, 0) is 55.5 Å². The summed E-state index contributed by atoms with van der Waals surface area (Å²) in [6, 6.07) is 16.8. The van der Waals surface area contributed by atoms with Crippen LogP contribution >= 0.6 is 11.8 Å². The molecule has 7 nitrogen and oxygen atoms in total. The third kappa shape index (κ3) is 4.92. The number of ketones is 1. The molecule has 0 bridgehead atoms. The van der Waals surface area contributed by atoms with Gasteiger partial charge in [-0.1, -0.05) is 11.8 Å². The number of Topliss-reactive ketones (excluding diaryl/α,β-unsaturated/α-hetero) is 1. The van der Waals surface area contributed by atoms with E-state index in [0.717, 1.165) is 17.0 Å². The average Bonchev–Trinajstić information content (AvgIpc) is 2.73. The molecule has 142 valence electrons. The van der Waals surface area contributed by atoms with Gasteiger partial charge in [0.1, 0.15) is 10.8 Å². The molecule has 0 aliphatic rings. The number of carbonyl (C=O) groups is 1. The first-order valence-corrected chi connectivity index (χ1v) is 9.53. The maximum Gasteiger partial charge on any atom is 0.269 e. The number of aromatic nitrogens is 2. The molecule has 0 fully saturated rings. The van der Waals surface area contributed by atoms with Gasteiger partial charge in [-0.2, -0.15) is 0 Å². The molecule has 1 heterocycles. The van der Waals surface area contributed by atoms with E-state index in [0.29, 0.717) is 17.2 Å². The highest BCUT2D eigenvalue weighted by Gasteiger charge is 2.11. The van der Waals surface area contributed by atoms with Crippen molar-refractivity contribution >= 4 is 23.2 Å². The Balaban J connectivity index is 1.59. The summed E-state index contributed by atoms with van der Waals surface area (Å²) in [5.41, 5.74) is 2.04. The van der Waals surface area contributed by atoms with Gasteiger partial charge in [0.25, 0.3) is 5.69 Å². The molecule has 0 N–H and O–H groups in total. The van der Waals surface area contributed by atoms with Gasteiger partial charge < -0.3 is 4.74 Å². The highest BCUT2D eigenvalue weighted by molar-refractivity contribution is 7.99. The van der Waals surface area contributed by atoms with Gasteiger partial charge in [-0.3, -0.25) is 14.9 Å². The first-order valence-electron chi connectivity index (χ1n) is 8.54. The Morgan fingerprint density at radius 1 is 1.04 bits per heavy atom. The minimum Gasteiger partial charge on any atom is -0.494 e. The molecule has 0 amide bonds. The van der Waals surface area contributed by atoms with Crippen LogP contribution in [0.1, 0.15) is 17.3 Å². The number of carbonyl (C=O) groups excluding carboxylic acids is 1. The Bertz CT molecular complexity index is 958. The van der Waals surface area contributed by atoms with Crippen molar-refractivity contribution < 1.29 is 14.5 Å². The highest BCUT2D eigenvalue weighted by atomic mass is 32.2. The van der Waals surface area contributed by atoms with E-state index in [2.05, 4.69) is 10.2 Å². The van der Waals surface area contributed by atoms with Crippen LogP contribution in [0.5, 0.6) is 5.75 Å². The fraction of sp³-hybridized carbons (Fsp3) is 0.150. The molecule has 3 aromatic rings. The average molecular weight is 395 g/mol. The van der Waals surface area contributed by atoms with Crippen LogP contribution in [0, 0.1) is 10.1 Å². The summed E-state index contributed by atoms with van der Waals surface area (Å²) in [6.45, 7) is 2.55. The minimum atomic E-state index is -0.496. The molecule has 28 heavy (non-hydrogen) atoms. The number of non-ortho nitro benzene ring substituents is 1. The molecule has 0 aliphatic heterocycles. The molecule has 0 radical (unpaired) electrons. The number of hydrogen-bond donors (Lipinski definition) is 0. The van der Waals surface area contributed by atoms with E-state index < -0.39 is 4.92 Å². The lowest BCUT2D eigenvalue weighted by Crippen LogP contribution is -2.03. The van der Waals surface area contributed by atoms with Gasteiger partial charge in [0.15, 0.2) is 5.78 Å². The van der Waals surface area contributed by atoms with E-state index >= 15 is 0 Å². The quantitative estimate of drug-likeness (QED) is 0.241. The van der Waals surface area contributed by atoms with Crippen LogP contribution in [0.4, 0.5) is 5.69 Å². The Kier molecular flexibility index (Phi) is 6.33. The van der Waals surface area contributed by atoms with Crippen molar-refractivity contribution in [3.05, 3.63) is 76.3 Å². The fourth-order valence-electron chi connectivity index (χ4n) is 2.43. The van der Waals surface area contributed by atoms with Crippen LogP contribution < -0.4 is 4.74 Å². The van der Waals surface area contributed by atoms with Crippen molar-refractivity contribution in [1.29, 1.82) is 0 Å². The van der Waals surface area contributed by atoms with Gasteiger partial charge >= 0.3 is 0 Å². The third-order valence-corrected chi connectivity index (χ3v) is 4.77. The van der Waals surface area contributed by atoms with Gasteiger partial charge in [-0.25, -0.2) is 0 Å². The zero-order valence-corrected chi connectivity index (χ0v) is 15.9. The molecule has 0 saturated carbocycles. The second-order valence-electron chi connectivity index (χ2n) is 5.73. The number of benzene rings is 2. The summed E-state index contributed by atoms with van der Waals surface area (Å²) in [4.78, 5) is 22.4. The largest absolute Gasteiger partial charge is 0.494 e. The monoisotopic (exact) mass is 395 g/mol. The number of rotatable bonds is 8. The zero-order chi connectivity index (χ0) is 19.9. The first-order chi connectivity index (χ1) is 13.6. The van der Waals surface area contributed by atoms with Crippen LogP contribution in [-0.4, -0.2) is 33.3 Å². The summed E-state index contributed by atoms with van der Waals surface area (Å²) in [7, 11) is 0. The van der Waals surface area contributed by atoms with Crippen LogP contribution in [0.2, 0.25) is 0 Å². The molecule has 3 rings (SSSR count). The lowest BCUT2D eigenvalue weighted by atomic mass is 10.1. The zero-order valence-electron chi connectivity index (χ0n) is 15.1. The molecule has 0 unspecified atom stereocenters. The number of hydrogen-bond acceptors (Lipinski definition) is 7. The predicted octanol–water partition coefficient (Wildman–Crippen LogP) is 4.43. The summed E-state index contributed by atoms with van der Waals surface area (Å²) in [6.07, 6.45) is 0. The molecular formula is C20H17N3O4S. The van der Waals surface area contributed by atoms with Gasteiger partial charge in [0.2, 0.25) is 0 Å². The number of ether oxygens (including phenoxy) is 1. The third-order valence-electron chi connectivity index (χ3n) is 3.85. The lowest BCUT2D eigenvalue weighted by molar-refractivity contribution is -0.384. The van der Waals surface area contributed by atoms with E-state index in [9.17, 15) is 14.9 Å². The fourth-order valence-corrected chi connectivity index (χ4v) is 3.14. The molecule has 0 aliphatic carbocycles.